The van der Waals surface area contributed by atoms with E-state index in [1.54, 1.807) is 33.5 Å². The zero-order valence-electron chi connectivity index (χ0n) is 18.5. The Labute approximate surface area is 191 Å². The Kier molecular flexibility index (Phi) is 5.23. The van der Waals surface area contributed by atoms with Crippen LogP contribution in [0.15, 0.2) is 83.3 Å². The number of hydrogen-bond acceptors (Lipinski definition) is 5. The lowest BCUT2D eigenvalue weighted by molar-refractivity contribution is 0.101. The summed E-state index contributed by atoms with van der Waals surface area (Å²) in [6, 6.07) is 24.7. The molecule has 164 valence electrons. The number of ketones is 1. The second-order valence-electron chi connectivity index (χ2n) is 7.58. The van der Waals surface area contributed by atoms with Gasteiger partial charge in [0.05, 0.1) is 21.3 Å². The van der Waals surface area contributed by atoms with E-state index >= 15 is 0 Å². The average molecular weight is 438 g/mol. The van der Waals surface area contributed by atoms with Crippen molar-refractivity contribution in [3.8, 4) is 28.4 Å². The van der Waals surface area contributed by atoms with Crippen molar-refractivity contribution in [1.82, 2.24) is 0 Å². The van der Waals surface area contributed by atoms with Gasteiger partial charge < -0.3 is 18.6 Å². The molecule has 0 aliphatic rings. The number of carbonyl (C=O) groups excluding carboxylic acids is 1. The summed E-state index contributed by atoms with van der Waals surface area (Å²) in [5, 5.41) is 2.91. The van der Waals surface area contributed by atoms with Crippen molar-refractivity contribution in [2.75, 3.05) is 21.3 Å². The molecule has 0 amide bonds. The lowest BCUT2D eigenvalue weighted by Crippen LogP contribution is -2.02. The number of fused-ring (bicyclic) bond motifs is 3. The fourth-order valence-electron chi connectivity index (χ4n) is 4.25. The first kappa shape index (κ1) is 20.6. The predicted molar refractivity (Wildman–Crippen MR) is 129 cm³/mol. The summed E-state index contributed by atoms with van der Waals surface area (Å²) < 4.78 is 22.9. The third-order valence-corrected chi connectivity index (χ3v) is 5.78. The Morgan fingerprint density at radius 2 is 1.42 bits per heavy atom. The van der Waals surface area contributed by atoms with Crippen LogP contribution in [0.5, 0.6) is 17.2 Å². The highest BCUT2D eigenvalue weighted by Crippen LogP contribution is 2.46. The highest BCUT2D eigenvalue weighted by molar-refractivity contribution is 6.21. The molecule has 0 saturated heterocycles. The molecule has 0 aliphatic carbocycles. The number of hydrogen-bond donors (Lipinski definition) is 0. The van der Waals surface area contributed by atoms with Gasteiger partial charge in [-0.2, -0.15) is 0 Å². The van der Waals surface area contributed by atoms with Crippen molar-refractivity contribution in [3.05, 3.63) is 90.2 Å². The molecule has 0 saturated carbocycles. The third-order valence-electron chi connectivity index (χ3n) is 5.78. The summed E-state index contributed by atoms with van der Waals surface area (Å²) in [5.74, 6) is 1.55. The molecule has 0 spiro atoms. The highest BCUT2D eigenvalue weighted by Gasteiger charge is 2.26. The molecule has 0 aliphatic heterocycles. The first-order valence-corrected chi connectivity index (χ1v) is 10.5. The minimum absolute atomic E-state index is 0.195. The largest absolute Gasteiger partial charge is 0.493 e. The van der Waals surface area contributed by atoms with Gasteiger partial charge in [0.15, 0.2) is 17.3 Å². The van der Waals surface area contributed by atoms with Gasteiger partial charge in [-0.15, -0.1) is 0 Å². The zero-order chi connectivity index (χ0) is 22.9. The highest BCUT2D eigenvalue weighted by atomic mass is 16.5. The topological polar surface area (TPSA) is 57.9 Å². The summed E-state index contributed by atoms with van der Waals surface area (Å²) in [4.78, 5) is 13.6. The molecule has 0 N–H and O–H groups in total. The molecule has 33 heavy (non-hydrogen) atoms. The summed E-state index contributed by atoms with van der Waals surface area (Å²) >= 11 is 0. The first-order chi connectivity index (χ1) is 16.2. The van der Waals surface area contributed by atoms with Crippen LogP contribution in [0.3, 0.4) is 0 Å². The van der Waals surface area contributed by atoms with E-state index in [1.807, 2.05) is 66.7 Å². The van der Waals surface area contributed by atoms with E-state index in [0.29, 0.717) is 34.0 Å². The van der Waals surface area contributed by atoms with Crippen molar-refractivity contribution in [1.29, 1.82) is 0 Å². The van der Waals surface area contributed by atoms with Crippen molar-refractivity contribution in [3.63, 3.8) is 0 Å². The van der Waals surface area contributed by atoms with Crippen LogP contribution in [0.25, 0.3) is 32.9 Å². The van der Waals surface area contributed by atoms with Crippen molar-refractivity contribution >= 4 is 27.5 Å². The molecule has 4 aromatic carbocycles. The van der Waals surface area contributed by atoms with E-state index in [9.17, 15) is 4.79 Å². The van der Waals surface area contributed by atoms with Gasteiger partial charge in [-0.3, -0.25) is 4.79 Å². The fourth-order valence-corrected chi connectivity index (χ4v) is 4.25. The van der Waals surface area contributed by atoms with Crippen molar-refractivity contribution < 1.29 is 23.4 Å². The Bertz CT molecular complexity index is 1460. The Morgan fingerprint density at radius 3 is 2.09 bits per heavy atom. The molecular weight excluding hydrogens is 416 g/mol. The van der Waals surface area contributed by atoms with Crippen LogP contribution in [-0.2, 0) is 0 Å². The SMILES string of the molecule is COc1cc(-c2c(C(=O)c3ccccc3)oc3ccc4ccccc4c23)cc(OC)c1OC. The quantitative estimate of drug-likeness (QED) is 0.283. The molecule has 1 heterocycles. The molecule has 0 atom stereocenters. The Balaban J connectivity index is 1.89. The van der Waals surface area contributed by atoms with Crippen molar-refractivity contribution in [2.24, 2.45) is 0 Å². The van der Waals surface area contributed by atoms with E-state index in [-0.39, 0.29) is 11.5 Å². The van der Waals surface area contributed by atoms with Gasteiger partial charge in [0.2, 0.25) is 11.5 Å². The van der Waals surface area contributed by atoms with E-state index in [2.05, 4.69) is 0 Å². The average Bonchev–Trinajstić information content (AvgIpc) is 3.28. The summed E-state index contributed by atoms with van der Waals surface area (Å²) in [6.45, 7) is 0. The van der Waals surface area contributed by atoms with Crippen molar-refractivity contribution in [2.45, 2.75) is 0 Å². The standard InChI is InChI=1S/C28H22O5/c1-30-22-15-19(16-23(31-2)27(22)32-3)24-25-20-12-8-7-9-17(20)13-14-21(25)33-28(24)26(29)18-10-5-4-6-11-18/h4-16H,1-3H3. The monoisotopic (exact) mass is 438 g/mol. The maximum absolute atomic E-state index is 13.6. The maximum Gasteiger partial charge on any atom is 0.228 e. The number of carbonyl (C=O) groups is 1. The second-order valence-corrected chi connectivity index (χ2v) is 7.58. The first-order valence-electron chi connectivity index (χ1n) is 10.5. The summed E-state index contributed by atoms with van der Waals surface area (Å²) in [6.07, 6.45) is 0. The lowest BCUT2D eigenvalue weighted by Gasteiger charge is -2.14. The van der Waals surface area contributed by atoms with Gasteiger partial charge in [0.1, 0.15) is 5.58 Å². The van der Waals surface area contributed by atoms with Crippen LogP contribution in [-0.4, -0.2) is 27.1 Å². The molecule has 5 nitrogen and oxygen atoms in total. The molecule has 1 aromatic heterocycles. The summed E-state index contributed by atoms with van der Waals surface area (Å²) in [5.41, 5.74) is 2.61. The number of benzene rings is 4. The van der Waals surface area contributed by atoms with Crippen LogP contribution in [0.2, 0.25) is 0 Å². The normalized spacial score (nSPS) is 11.0. The number of furan rings is 1. The minimum Gasteiger partial charge on any atom is -0.493 e. The van der Waals surface area contributed by atoms with E-state index in [1.165, 1.54) is 0 Å². The fraction of sp³-hybridized carbons (Fsp3) is 0.107. The molecule has 5 heteroatoms. The second kappa shape index (κ2) is 8.36. The Morgan fingerprint density at radius 1 is 0.758 bits per heavy atom. The molecule has 0 bridgehead atoms. The maximum atomic E-state index is 13.6. The van der Waals surface area contributed by atoms with Gasteiger partial charge in [0.25, 0.3) is 0 Å². The van der Waals surface area contributed by atoms with Gasteiger partial charge in [-0.05, 0) is 34.5 Å². The van der Waals surface area contributed by atoms with E-state index in [4.69, 9.17) is 18.6 Å². The van der Waals surface area contributed by atoms with Crippen LogP contribution in [0.4, 0.5) is 0 Å². The number of methoxy groups -OCH3 is 3. The van der Waals surface area contributed by atoms with Crippen LogP contribution in [0, 0.1) is 0 Å². The third kappa shape index (κ3) is 3.38. The predicted octanol–water partition coefficient (Wildman–Crippen LogP) is 6.51. The van der Waals surface area contributed by atoms with E-state index < -0.39 is 0 Å². The van der Waals surface area contributed by atoms with Crippen LogP contribution < -0.4 is 14.2 Å². The van der Waals surface area contributed by atoms with Crippen LogP contribution in [0.1, 0.15) is 16.1 Å². The molecule has 0 fully saturated rings. The van der Waals surface area contributed by atoms with Gasteiger partial charge >= 0.3 is 0 Å². The van der Waals surface area contributed by atoms with Gasteiger partial charge in [-0.1, -0.05) is 60.7 Å². The number of rotatable bonds is 6. The smallest absolute Gasteiger partial charge is 0.228 e. The zero-order valence-corrected chi connectivity index (χ0v) is 18.5. The van der Waals surface area contributed by atoms with E-state index in [0.717, 1.165) is 21.7 Å². The van der Waals surface area contributed by atoms with Gasteiger partial charge in [-0.25, -0.2) is 0 Å². The lowest BCUT2D eigenvalue weighted by atomic mass is 9.94. The Hall–Kier alpha value is -4.25. The van der Waals surface area contributed by atoms with Crippen LogP contribution >= 0.6 is 0 Å². The molecule has 5 aromatic rings. The molecular formula is C28H22O5. The summed E-state index contributed by atoms with van der Waals surface area (Å²) in [7, 11) is 4.70. The molecule has 0 radical (unpaired) electrons. The molecule has 0 unspecified atom stereocenters. The minimum atomic E-state index is -0.195. The number of ether oxygens (including phenoxy) is 3. The molecule has 5 rings (SSSR count). The van der Waals surface area contributed by atoms with Gasteiger partial charge in [0, 0.05) is 16.5 Å².